The number of primary amides is 1. The number of nitrogens with one attached hydrogen (secondary N) is 1. The first kappa shape index (κ1) is 14.2. The zero-order valence-corrected chi connectivity index (χ0v) is 9.86. The van der Waals surface area contributed by atoms with Gasteiger partial charge in [0.2, 0.25) is 0 Å². The molecule has 0 atom stereocenters. The van der Waals surface area contributed by atoms with Gasteiger partial charge in [-0.1, -0.05) is 30.3 Å². The summed E-state index contributed by atoms with van der Waals surface area (Å²) in [6.45, 7) is 5.28. The maximum Gasteiger partial charge on any atom is 0.405 e. The molecule has 0 aliphatic carbocycles. The highest BCUT2D eigenvalue weighted by molar-refractivity contribution is 5.76. The second-order valence-electron chi connectivity index (χ2n) is 4.09. The van der Waals surface area contributed by atoms with Crippen molar-refractivity contribution < 1.29 is 9.53 Å². The SMILES string of the molecule is CC(C)(C)OC(N)=O.N=Cc1ccccc1. The molecule has 0 aliphatic heterocycles. The average molecular weight is 222 g/mol. The number of benzene rings is 1. The van der Waals surface area contributed by atoms with Gasteiger partial charge in [0.15, 0.2) is 0 Å². The van der Waals surface area contributed by atoms with Crippen molar-refractivity contribution in [2.24, 2.45) is 5.73 Å². The van der Waals surface area contributed by atoms with Crippen molar-refractivity contribution in [2.45, 2.75) is 26.4 Å². The van der Waals surface area contributed by atoms with Crippen molar-refractivity contribution in [1.29, 1.82) is 5.41 Å². The molecule has 0 spiro atoms. The smallest absolute Gasteiger partial charge is 0.405 e. The molecule has 1 aromatic rings. The monoisotopic (exact) mass is 222 g/mol. The standard InChI is InChI=1S/C7H7N.C5H11NO2/c8-6-7-4-2-1-3-5-7;1-5(2,3)8-4(6)7/h1-6,8H;1-3H3,(H2,6,7). The Labute approximate surface area is 95.9 Å². The van der Waals surface area contributed by atoms with Gasteiger partial charge in [-0.25, -0.2) is 4.79 Å². The Bertz CT molecular complexity index is 329. The Morgan fingerprint density at radius 2 is 1.81 bits per heavy atom. The fraction of sp³-hybridized carbons (Fsp3) is 0.333. The van der Waals surface area contributed by atoms with Gasteiger partial charge in [0.25, 0.3) is 0 Å². The van der Waals surface area contributed by atoms with E-state index in [9.17, 15) is 4.79 Å². The van der Waals surface area contributed by atoms with E-state index in [1.807, 2.05) is 30.3 Å². The van der Waals surface area contributed by atoms with E-state index in [0.29, 0.717) is 0 Å². The third kappa shape index (κ3) is 8.74. The number of ether oxygens (including phenoxy) is 1. The van der Waals surface area contributed by atoms with Crippen LogP contribution in [0.1, 0.15) is 26.3 Å². The molecule has 0 saturated carbocycles. The number of carbonyl (C=O) groups excluding carboxylic acids is 1. The van der Waals surface area contributed by atoms with Crippen LogP contribution in [0, 0.1) is 5.41 Å². The highest BCUT2D eigenvalue weighted by Gasteiger charge is 2.12. The third-order valence-electron chi connectivity index (χ3n) is 1.37. The zero-order valence-electron chi connectivity index (χ0n) is 9.86. The van der Waals surface area contributed by atoms with E-state index in [0.717, 1.165) is 5.56 Å². The molecule has 0 bridgehead atoms. The minimum atomic E-state index is -0.725. The minimum Gasteiger partial charge on any atom is -0.444 e. The van der Waals surface area contributed by atoms with Gasteiger partial charge in [-0.05, 0) is 26.3 Å². The topological polar surface area (TPSA) is 76.2 Å². The average Bonchev–Trinajstić information content (AvgIpc) is 2.16. The first-order chi connectivity index (χ1) is 7.35. The van der Waals surface area contributed by atoms with E-state index >= 15 is 0 Å². The molecular formula is C12H18N2O2. The van der Waals surface area contributed by atoms with E-state index in [1.54, 1.807) is 20.8 Å². The Morgan fingerprint density at radius 1 is 1.31 bits per heavy atom. The first-order valence-corrected chi connectivity index (χ1v) is 4.89. The van der Waals surface area contributed by atoms with Crippen LogP contribution in [-0.4, -0.2) is 17.9 Å². The van der Waals surface area contributed by atoms with E-state index < -0.39 is 11.7 Å². The van der Waals surface area contributed by atoms with Gasteiger partial charge in [-0.2, -0.15) is 0 Å². The molecule has 1 rings (SSSR count). The van der Waals surface area contributed by atoms with Crippen LogP contribution in [0.25, 0.3) is 0 Å². The van der Waals surface area contributed by atoms with Crippen LogP contribution < -0.4 is 5.73 Å². The predicted molar refractivity (Wildman–Crippen MR) is 64.7 cm³/mol. The van der Waals surface area contributed by atoms with Gasteiger partial charge < -0.3 is 15.9 Å². The maximum atomic E-state index is 10.0. The molecular weight excluding hydrogens is 204 g/mol. The molecule has 4 nitrogen and oxygen atoms in total. The van der Waals surface area contributed by atoms with Crippen LogP contribution in [0.4, 0.5) is 4.79 Å². The lowest BCUT2D eigenvalue weighted by atomic mass is 10.2. The molecule has 0 aliphatic rings. The Balaban J connectivity index is 0.000000281. The second kappa shape index (κ2) is 6.61. The summed E-state index contributed by atoms with van der Waals surface area (Å²) in [4.78, 5) is 10.0. The summed E-state index contributed by atoms with van der Waals surface area (Å²) < 4.78 is 4.58. The summed E-state index contributed by atoms with van der Waals surface area (Å²) in [5.41, 5.74) is 5.22. The van der Waals surface area contributed by atoms with Crippen LogP contribution in [0.3, 0.4) is 0 Å². The number of hydrogen-bond donors (Lipinski definition) is 2. The van der Waals surface area contributed by atoms with Crippen molar-refractivity contribution >= 4 is 12.3 Å². The Kier molecular flexibility index (Phi) is 5.85. The van der Waals surface area contributed by atoms with Crippen molar-refractivity contribution in [3.63, 3.8) is 0 Å². The molecule has 0 heterocycles. The number of rotatable bonds is 1. The molecule has 1 aromatic carbocycles. The van der Waals surface area contributed by atoms with E-state index in [1.165, 1.54) is 6.21 Å². The lowest BCUT2D eigenvalue weighted by Crippen LogP contribution is -2.27. The lowest BCUT2D eigenvalue weighted by molar-refractivity contribution is 0.0600. The zero-order chi connectivity index (χ0) is 12.6. The molecule has 0 unspecified atom stereocenters. The van der Waals surface area contributed by atoms with Gasteiger partial charge in [-0.15, -0.1) is 0 Å². The molecule has 0 saturated heterocycles. The van der Waals surface area contributed by atoms with Crippen molar-refractivity contribution in [3.05, 3.63) is 35.9 Å². The third-order valence-corrected chi connectivity index (χ3v) is 1.37. The normalized spacial score (nSPS) is 9.69. The predicted octanol–water partition coefficient (Wildman–Crippen LogP) is 2.56. The summed E-state index contributed by atoms with van der Waals surface area (Å²) in [6.07, 6.45) is 0.609. The quantitative estimate of drug-likeness (QED) is 0.716. The number of nitrogens with two attached hydrogens (primary N) is 1. The van der Waals surface area contributed by atoms with Crippen LogP contribution >= 0.6 is 0 Å². The molecule has 0 radical (unpaired) electrons. The van der Waals surface area contributed by atoms with Crippen LogP contribution in [-0.2, 0) is 4.74 Å². The van der Waals surface area contributed by atoms with E-state index in [4.69, 9.17) is 11.1 Å². The molecule has 4 heteroatoms. The highest BCUT2D eigenvalue weighted by atomic mass is 16.6. The Morgan fingerprint density at radius 3 is 2.00 bits per heavy atom. The number of carbonyl (C=O) groups is 1. The first-order valence-electron chi connectivity index (χ1n) is 4.89. The Hall–Kier alpha value is -1.84. The molecule has 1 amide bonds. The fourth-order valence-corrected chi connectivity index (χ4v) is 0.851. The minimum absolute atomic E-state index is 0.453. The molecule has 0 fully saturated rings. The summed E-state index contributed by atoms with van der Waals surface area (Å²) in [5.74, 6) is 0. The summed E-state index contributed by atoms with van der Waals surface area (Å²) in [6, 6.07) is 9.56. The van der Waals surface area contributed by atoms with Gasteiger partial charge in [0.1, 0.15) is 5.60 Å². The summed E-state index contributed by atoms with van der Waals surface area (Å²) >= 11 is 0. The molecule has 88 valence electrons. The largest absolute Gasteiger partial charge is 0.444 e. The number of hydrogen-bond acceptors (Lipinski definition) is 3. The summed E-state index contributed by atoms with van der Waals surface area (Å²) in [7, 11) is 0. The molecule has 3 N–H and O–H groups in total. The maximum absolute atomic E-state index is 10.0. The van der Waals surface area contributed by atoms with E-state index in [-0.39, 0.29) is 0 Å². The van der Waals surface area contributed by atoms with Gasteiger partial charge in [-0.3, -0.25) is 0 Å². The molecule has 0 aromatic heterocycles. The highest BCUT2D eigenvalue weighted by Crippen LogP contribution is 2.04. The van der Waals surface area contributed by atoms with Crippen LogP contribution in [0.15, 0.2) is 30.3 Å². The van der Waals surface area contributed by atoms with E-state index in [2.05, 4.69) is 4.74 Å². The summed E-state index contributed by atoms with van der Waals surface area (Å²) in [5, 5.41) is 6.82. The van der Waals surface area contributed by atoms with Gasteiger partial charge in [0.05, 0.1) is 0 Å². The molecule has 16 heavy (non-hydrogen) atoms. The second-order valence-corrected chi connectivity index (χ2v) is 4.09. The fourth-order valence-electron chi connectivity index (χ4n) is 0.851. The van der Waals surface area contributed by atoms with Gasteiger partial charge in [0, 0.05) is 6.21 Å². The van der Waals surface area contributed by atoms with Crippen molar-refractivity contribution in [1.82, 2.24) is 0 Å². The van der Waals surface area contributed by atoms with Crippen LogP contribution in [0.5, 0.6) is 0 Å². The lowest BCUT2D eigenvalue weighted by Gasteiger charge is -2.16. The van der Waals surface area contributed by atoms with Crippen molar-refractivity contribution in [3.8, 4) is 0 Å². The van der Waals surface area contributed by atoms with Gasteiger partial charge >= 0.3 is 6.09 Å². The number of amides is 1. The van der Waals surface area contributed by atoms with Crippen molar-refractivity contribution in [2.75, 3.05) is 0 Å². The van der Waals surface area contributed by atoms with Crippen LogP contribution in [0.2, 0.25) is 0 Å².